The van der Waals surface area contributed by atoms with Gasteiger partial charge in [-0.3, -0.25) is 9.59 Å². The van der Waals surface area contributed by atoms with Gasteiger partial charge in [-0.15, -0.1) is 0 Å². The van der Waals surface area contributed by atoms with Gasteiger partial charge in [-0.2, -0.15) is 0 Å². The lowest BCUT2D eigenvalue weighted by Crippen LogP contribution is -2.56. The van der Waals surface area contributed by atoms with Gasteiger partial charge in [-0.05, 0) is 6.92 Å². The summed E-state index contributed by atoms with van der Waals surface area (Å²) in [5.74, 6) is -1.30. The van der Waals surface area contributed by atoms with Crippen LogP contribution in [0.15, 0.2) is 0 Å². The Morgan fingerprint density at radius 2 is 2.00 bits per heavy atom. The highest BCUT2D eigenvalue weighted by Crippen LogP contribution is 2.20. The van der Waals surface area contributed by atoms with Crippen molar-refractivity contribution in [1.82, 2.24) is 9.80 Å². The Kier molecular flexibility index (Phi) is 4.94. The van der Waals surface area contributed by atoms with E-state index in [1.54, 1.807) is 11.8 Å². The number of carboxylic acids is 1. The topological polar surface area (TPSA) is 87.2 Å². The summed E-state index contributed by atoms with van der Waals surface area (Å²) >= 11 is 0. The maximum absolute atomic E-state index is 11.9. The lowest BCUT2D eigenvalue weighted by atomic mass is 9.97. The van der Waals surface area contributed by atoms with E-state index in [1.165, 1.54) is 12.0 Å². The average molecular weight is 258 g/mol. The molecule has 7 nitrogen and oxygen atoms in total. The number of likely N-dealkylation sites (tertiary alicyclic amines) is 1. The molecule has 0 bridgehead atoms. The zero-order valence-electron chi connectivity index (χ0n) is 10.6. The van der Waals surface area contributed by atoms with Gasteiger partial charge < -0.3 is 19.6 Å². The van der Waals surface area contributed by atoms with E-state index in [2.05, 4.69) is 4.74 Å². The van der Waals surface area contributed by atoms with Crippen LogP contribution in [0.2, 0.25) is 0 Å². The number of rotatable bonds is 5. The van der Waals surface area contributed by atoms with Crippen molar-refractivity contribution in [1.29, 1.82) is 0 Å². The van der Waals surface area contributed by atoms with Crippen LogP contribution >= 0.6 is 0 Å². The largest absolute Gasteiger partial charge is 0.481 e. The number of urea groups is 1. The maximum Gasteiger partial charge on any atom is 0.325 e. The number of likely N-dealkylation sites (N-methyl/N-ethyl adjacent to an activating group) is 1. The van der Waals surface area contributed by atoms with E-state index in [9.17, 15) is 14.4 Å². The van der Waals surface area contributed by atoms with Crippen molar-refractivity contribution in [3.8, 4) is 0 Å². The molecule has 0 aromatic carbocycles. The van der Waals surface area contributed by atoms with Gasteiger partial charge in [0.15, 0.2) is 0 Å². The van der Waals surface area contributed by atoms with Gasteiger partial charge in [-0.25, -0.2) is 4.79 Å². The van der Waals surface area contributed by atoms with Crippen LogP contribution in [0.3, 0.4) is 0 Å². The van der Waals surface area contributed by atoms with Gasteiger partial charge in [0.25, 0.3) is 0 Å². The first-order chi connectivity index (χ1) is 8.47. The monoisotopic (exact) mass is 258 g/mol. The summed E-state index contributed by atoms with van der Waals surface area (Å²) in [6, 6.07) is -0.246. The Labute approximate surface area is 105 Å². The third-order valence-corrected chi connectivity index (χ3v) is 2.89. The van der Waals surface area contributed by atoms with Crippen molar-refractivity contribution in [3.05, 3.63) is 0 Å². The highest BCUT2D eigenvalue weighted by molar-refractivity contribution is 5.81. The van der Waals surface area contributed by atoms with Crippen molar-refractivity contribution in [2.24, 2.45) is 5.92 Å². The predicted octanol–water partition coefficient (Wildman–Crippen LogP) is 0.00780. The van der Waals surface area contributed by atoms with Crippen molar-refractivity contribution in [2.75, 3.05) is 33.3 Å². The van der Waals surface area contributed by atoms with Crippen LogP contribution in [-0.4, -0.2) is 66.2 Å². The van der Waals surface area contributed by atoms with Crippen LogP contribution in [0.5, 0.6) is 0 Å². The fourth-order valence-electron chi connectivity index (χ4n) is 1.84. The number of aliphatic carboxylic acids is 1. The molecule has 0 aromatic rings. The number of hydrogen-bond donors (Lipinski definition) is 1. The van der Waals surface area contributed by atoms with Gasteiger partial charge in [0.05, 0.1) is 13.5 Å². The average Bonchev–Trinajstić information content (AvgIpc) is 2.28. The lowest BCUT2D eigenvalue weighted by Gasteiger charge is -2.41. The molecule has 1 heterocycles. The van der Waals surface area contributed by atoms with Crippen LogP contribution < -0.4 is 0 Å². The minimum absolute atomic E-state index is 0.0169. The molecule has 7 heteroatoms. The maximum atomic E-state index is 11.9. The first-order valence-corrected chi connectivity index (χ1v) is 5.80. The highest BCUT2D eigenvalue weighted by Gasteiger charge is 2.34. The second kappa shape index (κ2) is 6.23. The minimum Gasteiger partial charge on any atom is -0.481 e. The smallest absolute Gasteiger partial charge is 0.325 e. The molecule has 0 atom stereocenters. The summed E-state index contributed by atoms with van der Waals surface area (Å²) < 4.78 is 4.51. The molecule has 1 rings (SSSR count). The van der Waals surface area contributed by atoms with Gasteiger partial charge in [0.1, 0.15) is 6.54 Å². The molecular weight excluding hydrogens is 240 g/mol. The molecule has 1 aliphatic rings. The Morgan fingerprint density at radius 1 is 1.39 bits per heavy atom. The number of nitrogens with zero attached hydrogens (tertiary/aromatic N) is 2. The molecule has 1 fully saturated rings. The van der Waals surface area contributed by atoms with Crippen LogP contribution in [0.4, 0.5) is 4.79 Å². The molecule has 0 aromatic heterocycles. The molecule has 2 amide bonds. The van der Waals surface area contributed by atoms with E-state index in [0.29, 0.717) is 19.6 Å². The van der Waals surface area contributed by atoms with Crippen molar-refractivity contribution < 1.29 is 24.2 Å². The molecule has 0 radical (unpaired) electrons. The molecular formula is C11H18N2O5. The zero-order valence-corrected chi connectivity index (χ0v) is 10.6. The molecule has 0 spiro atoms. The second-order valence-electron chi connectivity index (χ2n) is 4.24. The Hall–Kier alpha value is -1.79. The molecule has 1 aliphatic heterocycles. The van der Waals surface area contributed by atoms with E-state index >= 15 is 0 Å². The summed E-state index contributed by atoms with van der Waals surface area (Å²) in [7, 11) is 1.27. The molecule has 102 valence electrons. The molecule has 0 aliphatic carbocycles. The first kappa shape index (κ1) is 14.3. The number of amides is 2. The van der Waals surface area contributed by atoms with E-state index in [1.807, 2.05) is 0 Å². The quantitative estimate of drug-likeness (QED) is 0.702. The third-order valence-electron chi connectivity index (χ3n) is 2.89. The number of carbonyl (C=O) groups is 3. The second-order valence-corrected chi connectivity index (χ2v) is 4.24. The minimum atomic E-state index is -0.853. The Morgan fingerprint density at radius 3 is 2.44 bits per heavy atom. The zero-order chi connectivity index (χ0) is 13.7. The summed E-state index contributed by atoms with van der Waals surface area (Å²) in [6.45, 7) is 2.97. The van der Waals surface area contributed by atoms with E-state index in [-0.39, 0.29) is 24.9 Å². The Bertz CT molecular complexity index is 338. The molecule has 1 N–H and O–H groups in total. The number of ether oxygens (including phenoxy) is 1. The van der Waals surface area contributed by atoms with Crippen LogP contribution in [-0.2, 0) is 14.3 Å². The lowest BCUT2D eigenvalue weighted by molar-refractivity contribution is -0.141. The standard InChI is InChI=1S/C11H18N2O5/c1-3-12(7-10(16)18-2)11(17)13-5-8(6-13)4-9(14)15/h8H,3-7H2,1-2H3,(H,14,15). The Balaban J connectivity index is 2.40. The van der Waals surface area contributed by atoms with Crippen molar-refractivity contribution in [3.63, 3.8) is 0 Å². The van der Waals surface area contributed by atoms with Crippen molar-refractivity contribution in [2.45, 2.75) is 13.3 Å². The first-order valence-electron chi connectivity index (χ1n) is 5.80. The highest BCUT2D eigenvalue weighted by atomic mass is 16.5. The molecule has 18 heavy (non-hydrogen) atoms. The number of methoxy groups -OCH3 is 1. The van der Waals surface area contributed by atoms with Crippen LogP contribution in [0, 0.1) is 5.92 Å². The number of esters is 1. The van der Waals surface area contributed by atoms with Crippen LogP contribution in [0.25, 0.3) is 0 Å². The number of carbonyl (C=O) groups excluding carboxylic acids is 2. The fourth-order valence-corrected chi connectivity index (χ4v) is 1.84. The summed E-state index contributed by atoms with van der Waals surface area (Å²) in [4.78, 5) is 36.4. The molecule has 0 saturated carbocycles. The summed E-state index contributed by atoms with van der Waals surface area (Å²) in [6.07, 6.45) is 0.0763. The third kappa shape index (κ3) is 3.61. The number of hydrogen-bond acceptors (Lipinski definition) is 4. The summed E-state index contributed by atoms with van der Waals surface area (Å²) in [5, 5.41) is 8.60. The van der Waals surface area contributed by atoms with E-state index < -0.39 is 11.9 Å². The van der Waals surface area contributed by atoms with E-state index in [4.69, 9.17) is 5.11 Å². The predicted molar refractivity (Wildman–Crippen MR) is 62.0 cm³/mol. The van der Waals surface area contributed by atoms with Gasteiger partial charge in [-0.1, -0.05) is 0 Å². The van der Waals surface area contributed by atoms with Crippen LogP contribution in [0.1, 0.15) is 13.3 Å². The van der Waals surface area contributed by atoms with Gasteiger partial charge >= 0.3 is 18.0 Å². The number of carboxylic acid groups (broad SMARTS) is 1. The molecule has 0 unspecified atom stereocenters. The van der Waals surface area contributed by atoms with Gasteiger partial charge in [0, 0.05) is 25.6 Å². The van der Waals surface area contributed by atoms with Gasteiger partial charge in [0.2, 0.25) is 0 Å². The summed E-state index contributed by atoms with van der Waals surface area (Å²) in [5.41, 5.74) is 0. The SMILES string of the molecule is CCN(CC(=O)OC)C(=O)N1CC(CC(=O)O)C1. The normalized spacial score (nSPS) is 14.9. The fraction of sp³-hybridized carbons (Fsp3) is 0.727. The van der Waals surface area contributed by atoms with Crippen molar-refractivity contribution >= 4 is 18.0 Å². The molecule has 1 saturated heterocycles. The van der Waals surface area contributed by atoms with E-state index in [0.717, 1.165) is 0 Å².